The molecule has 1 aliphatic heterocycles. The number of rotatable bonds is 3. The van der Waals surface area contributed by atoms with Crippen LogP contribution in [-0.4, -0.2) is 38.9 Å². The number of nitrogens with zero attached hydrogens (tertiary/aromatic N) is 2. The van der Waals surface area contributed by atoms with Gasteiger partial charge in [-0.2, -0.15) is 4.31 Å². The molecule has 1 fully saturated rings. The average molecular weight is 366 g/mol. The van der Waals surface area contributed by atoms with Gasteiger partial charge < -0.3 is 4.90 Å². The van der Waals surface area contributed by atoms with Gasteiger partial charge in [0, 0.05) is 31.9 Å². The third kappa shape index (κ3) is 3.52. The SMILES string of the molecule is Cc1ccc(C)c(N2CCN(S(=O)(=O)c3ccc(F)c(F)c3)CC2)c1. The Morgan fingerprint density at radius 3 is 2.20 bits per heavy atom. The smallest absolute Gasteiger partial charge is 0.243 e. The monoisotopic (exact) mass is 366 g/mol. The predicted molar refractivity (Wildman–Crippen MR) is 93.2 cm³/mol. The Kier molecular flexibility index (Phi) is 4.79. The summed E-state index contributed by atoms with van der Waals surface area (Å²) in [6.45, 7) is 5.75. The lowest BCUT2D eigenvalue weighted by Crippen LogP contribution is -2.48. The highest BCUT2D eigenvalue weighted by molar-refractivity contribution is 7.89. The highest BCUT2D eigenvalue weighted by Gasteiger charge is 2.29. The highest BCUT2D eigenvalue weighted by Crippen LogP contribution is 2.25. The summed E-state index contributed by atoms with van der Waals surface area (Å²) in [6, 6.07) is 8.87. The quantitative estimate of drug-likeness (QED) is 0.838. The van der Waals surface area contributed by atoms with E-state index in [4.69, 9.17) is 0 Å². The summed E-state index contributed by atoms with van der Waals surface area (Å²) in [4.78, 5) is 1.94. The van der Waals surface area contributed by atoms with E-state index < -0.39 is 21.7 Å². The van der Waals surface area contributed by atoms with Crippen LogP contribution >= 0.6 is 0 Å². The highest BCUT2D eigenvalue weighted by atomic mass is 32.2. The van der Waals surface area contributed by atoms with E-state index in [2.05, 4.69) is 17.0 Å². The molecule has 0 atom stereocenters. The number of sulfonamides is 1. The van der Waals surface area contributed by atoms with Crippen LogP contribution in [0.2, 0.25) is 0 Å². The standard InChI is InChI=1S/C18H20F2N2O2S/c1-13-3-4-14(2)18(11-13)21-7-9-22(10-8-21)25(23,24)15-5-6-16(19)17(20)12-15/h3-6,11-12H,7-10H2,1-2H3. The molecule has 1 heterocycles. The summed E-state index contributed by atoms with van der Waals surface area (Å²) < 4.78 is 53.0. The fraction of sp³-hybridized carbons (Fsp3) is 0.333. The molecule has 1 saturated heterocycles. The first kappa shape index (κ1) is 17.8. The Morgan fingerprint density at radius 1 is 0.880 bits per heavy atom. The van der Waals surface area contributed by atoms with Crippen molar-refractivity contribution in [2.24, 2.45) is 0 Å². The minimum atomic E-state index is -3.83. The van der Waals surface area contributed by atoms with Crippen LogP contribution in [0.15, 0.2) is 41.3 Å². The van der Waals surface area contributed by atoms with E-state index in [1.165, 1.54) is 4.31 Å². The summed E-state index contributed by atoms with van der Waals surface area (Å²) in [7, 11) is -3.83. The first-order valence-electron chi connectivity index (χ1n) is 8.06. The van der Waals surface area contributed by atoms with Crippen LogP contribution in [0.1, 0.15) is 11.1 Å². The van der Waals surface area contributed by atoms with Gasteiger partial charge in [-0.05, 0) is 49.2 Å². The molecule has 3 rings (SSSR count). The van der Waals surface area contributed by atoms with Crippen LogP contribution in [0, 0.1) is 25.5 Å². The van der Waals surface area contributed by atoms with Crippen molar-refractivity contribution in [3.05, 3.63) is 59.2 Å². The van der Waals surface area contributed by atoms with Crippen LogP contribution in [0.25, 0.3) is 0 Å². The van der Waals surface area contributed by atoms with Gasteiger partial charge in [-0.1, -0.05) is 12.1 Å². The molecule has 0 N–H and O–H groups in total. The van der Waals surface area contributed by atoms with Crippen molar-refractivity contribution in [2.75, 3.05) is 31.1 Å². The van der Waals surface area contributed by atoms with E-state index in [1.54, 1.807) is 0 Å². The number of piperazine rings is 1. The Bertz CT molecular complexity index is 892. The lowest BCUT2D eigenvalue weighted by Gasteiger charge is -2.36. The van der Waals surface area contributed by atoms with Crippen molar-refractivity contribution in [1.82, 2.24) is 4.31 Å². The fourth-order valence-electron chi connectivity index (χ4n) is 3.02. The molecule has 0 amide bonds. The first-order valence-corrected chi connectivity index (χ1v) is 9.50. The van der Waals surface area contributed by atoms with Gasteiger partial charge in [0.1, 0.15) is 0 Å². The number of halogens is 2. The molecule has 0 unspecified atom stereocenters. The zero-order valence-corrected chi connectivity index (χ0v) is 15.0. The molecule has 2 aromatic carbocycles. The normalized spacial score (nSPS) is 16.2. The molecule has 0 bridgehead atoms. The molecule has 1 aliphatic rings. The van der Waals surface area contributed by atoms with Crippen molar-refractivity contribution in [2.45, 2.75) is 18.7 Å². The van der Waals surface area contributed by atoms with Gasteiger partial charge in [0.05, 0.1) is 4.90 Å². The van der Waals surface area contributed by atoms with Gasteiger partial charge in [-0.15, -0.1) is 0 Å². The maximum atomic E-state index is 13.4. The fourth-order valence-corrected chi connectivity index (χ4v) is 4.45. The molecular weight excluding hydrogens is 346 g/mol. The van der Waals surface area contributed by atoms with Crippen molar-refractivity contribution in [3.8, 4) is 0 Å². The van der Waals surface area contributed by atoms with Gasteiger partial charge >= 0.3 is 0 Å². The lowest BCUT2D eigenvalue weighted by atomic mass is 10.1. The van der Waals surface area contributed by atoms with Gasteiger partial charge in [-0.3, -0.25) is 0 Å². The summed E-state index contributed by atoms with van der Waals surface area (Å²) in [5.74, 6) is -2.21. The molecule has 0 radical (unpaired) electrons. The molecule has 134 valence electrons. The van der Waals surface area contributed by atoms with E-state index in [9.17, 15) is 17.2 Å². The van der Waals surface area contributed by atoms with Crippen LogP contribution < -0.4 is 4.90 Å². The van der Waals surface area contributed by atoms with Gasteiger partial charge in [0.15, 0.2) is 11.6 Å². The summed E-state index contributed by atoms with van der Waals surface area (Å²) in [5.41, 5.74) is 3.39. The first-order chi connectivity index (χ1) is 11.8. The Balaban J connectivity index is 1.77. The van der Waals surface area contributed by atoms with Crippen molar-refractivity contribution < 1.29 is 17.2 Å². The van der Waals surface area contributed by atoms with Gasteiger partial charge in [0.2, 0.25) is 10.0 Å². The van der Waals surface area contributed by atoms with Crippen molar-refractivity contribution in [3.63, 3.8) is 0 Å². The van der Waals surface area contributed by atoms with E-state index in [0.29, 0.717) is 26.2 Å². The zero-order chi connectivity index (χ0) is 18.2. The molecule has 0 aliphatic carbocycles. The van der Waals surface area contributed by atoms with Crippen LogP contribution in [0.3, 0.4) is 0 Å². The largest absolute Gasteiger partial charge is 0.369 e. The second-order valence-corrected chi connectivity index (χ2v) is 8.19. The maximum Gasteiger partial charge on any atom is 0.243 e. The Hall–Kier alpha value is -1.99. The second-order valence-electron chi connectivity index (χ2n) is 6.26. The summed E-state index contributed by atoms with van der Waals surface area (Å²) in [6.07, 6.45) is 0. The van der Waals surface area contributed by atoms with E-state index in [-0.39, 0.29) is 4.90 Å². The predicted octanol–water partition coefficient (Wildman–Crippen LogP) is 3.09. The lowest BCUT2D eigenvalue weighted by molar-refractivity contribution is 0.384. The number of hydrogen-bond acceptors (Lipinski definition) is 3. The summed E-state index contributed by atoms with van der Waals surface area (Å²) >= 11 is 0. The summed E-state index contributed by atoms with van der Waals surface area (Å²) in [5, 5.41) is 0. The maximum absolute atomic E-state index is 13.4. The average Bonchev–Trinajstić information content (AvgIpc) is 2.59. The second kappa shape index (κ2) is 6.72. The molecule has 2 aromatic rings. The third-order valence-corrected chi connectivity index (χ3v) is 6.37. The minimum Gasteiger partial charge on any atom is -0.369 e. The van der Waals surface area contributed by atoms with E-state index in [0.717, 1.165) is 35.0 Å². The van der Waals surface area contributed by atoms with Crippen molar-refractivity contribution >= 4 is 15.7 Å². The van der Waals surface area contributed by atoms with E-state index in [1.807, 2.05) is 19.9 Å². The number of aryl methyl sites for hydroxylation is 2. The van der Waals surface area contributed by atoms with E-state index >= 15 is 0 Å². The Morgan fingerprint density at radius 2 is 1.56 bits per heavy atom. The van der Waals surface area contributed by atoms with Crippen LogP contribution in [-0.2, 0) is 10.0 Å². The van der Waals surface area contributed by atoms with Gasteiger partial charge in [0.25, 0.3) is 0 Å². The number of hydrogen-bond donors (Lipinski definition) is 0. The third-order valence-electron chi connectivity index (χ3n) is 4.47. The molecule has 7 heteroatoms. The zero-order valence-electron chi connectivity index (χ0n) is 14.2. The van der Waals surface area contributed by atoms with Crippen LogP contribution in [0.5, 0.6) is 0 Å². The molecule has 0 spiro atoms. The van der Waals surface area contributed by atoms with Crippen molar-refractivity contribution in [1.29, 1.82) is 0 Å². The van der Waals surface area contributed by atoms with Gasteiger partial charge in [-0.25, -0.2) is 17.2 Å². The number of anilines is 1. The molecule has 0 saturated carbocycles. The van der Waals surface area contributed by atoms with Crippen LogP contribution in [0.4, 0.5) is 14.5 Å². The molecular formula is C18H20F2N2O2S. The minimum absolute atomic E-state index is 0.216. The topological polar surface area (TPSA) is 40.6 Å². The number of benzene rings is 2. The molecule has 4 nitrogen and oxygen atoms in total. The molecule has 0 aromatic heterocycles. The molecule has 25 heavy (non-hydrogen) atoms. The Labute approximate surface area is 146 Å².